The second-order valence-corrected chi connectivity index (χ2v) is 3.03. The van der Waals surface area contributed by atoms with E-state index in [4.69, 9.17) is 10.2 Å². The van der Waals surface area contributed by atoms with Crippen molar-refractivity contribution in [1.82, 2.24) is 0 Å². The van der Waals surface area contributed by atoms with Crippen LogP contribution in [0.4, 0.5) is 5.88 Å². The summed E-state index contributed by atoms with van der Waals surface area (Å²) < 4.78 is 10.2. The molecule has 4 nitrogen and oxygen atoms in total. The topological polar surface area (TPSA) is 65.5 Å². The standard InChI is InChI=1S/C7H8BrNO3/c1-11-7(10)3-5-4(8)2-6(9)12-5/h2H,3,9H2,1H3. The van der Waals surface area contributed by atoms with Crippen LogP contribution in [0.2, 0.25) is 0 Å². The van der Waals surface area contributed by atoms with E-state index in [1.165, 1.54) is 7.11 Å². The van der Waals surface area contributed by atoms with Crippen LogP contribution in [0.5, 0.6) is 0 Å². The van der Waals surface area contributed by atoms with Gasteiger partial charge in [0.15, 0.2) is 5.88 Å². The quantitative estimate of drug-likeness (QED) is 0.784. The maximum atomic E-state index is 10.8. The normalized spacial score (nSPS) is 9.83. The molecule has 0 amide bonds. The van der Waals surface area contributed by atoms with Gasteiger partial charge >= 0.3 is 5.97 Å². The number of carbonyl (C=O) groups excluding carboxylic acids is 1. The molecule has 5 heteroatoms. The van der Waals surface area contributed by atoms with Crippen LogP contribution in [0.15, 0.2) is 15.0 Å². The number of nitrogens with two attached hydrogens (primary N) is 1. The lowest BCUT2D eigenvalue weighted by atomic mass is 10.3. The summed E-state index contributed by atoms with van der Waals surface area (Å²) in [4.78, 5) is 10.8. The highest BCUT2D eigenvalue weighted by molar-refractivity contribution is 9.10. The van der Waals surface area contributed by atoms with E-state index in [-0.39, 0.29) is 18.3 Å². The third-order valence-corrected chi connectivity index (χ3v) is 1.98. The summed E-state index contributed by atoms with van der Waals surface area (Å²) in [5, 5.41) is 0. The van der Waals surface area contributed by atoms with Gasteiger partial charge in [-0.1, -0.05) is 0 Å². The molecule has 0 aliphatic heterocycles. The number of ether oxygens (including phenoxy) is 1. The van der Waals surface area contributed by atoms with Gasteiger partial charge in [-0.05, 0) is 15.9 Å². The summed E-state index contributed by atoms with van der Waals surface area (Å²) in [6, 6.07) is 1.60. The molecular formula is C7H8BrNO3. The number of hydrogen-bond acceptors (Lipinski definition) is 4. The second-order valence-electron chi connectivity index (χ2n) is 2.17. The number of carbonyl (C=O) groups is 1. The second kappa shape index (κ2) is 3.62. The molecule has 1 heterocycles. The zero-order valence-corrected chi connectivity index (χ0v) is 8.05. The van der Waals surface area contributed by atoms with E-state index < -0.39 is 0 Å². The van der Waals surface area contributed by atoms with Crippen LogP contribution in [-0.4, -0.2) is 13.1 Å². The van der Waals surface area contributed by atoms with E-state index in [1.54, 1.807) is 6.07 Å². The number of methoxy groups -OCH3 is 1. The summed E-state index contributed by atoms with van der Waals surface area (Å²) in [6.45, 7) is 0. The molecule has 66 valence electrons. The van der Waals surface area contributed by atoms with Gasteiger partial charge in [0.25, 0.3) is 0 Å². The van der Waals surface area contributed by atoms with Crippen LogP contribution in [-0.2, 0) is 16.0 Å². The predicted molar refractivity (Wildman–Crippen MR) is 46.5 cm³/mol. The fourth-order valence-corrected chi connectivity index (χ4v) is 1.20. The van der Waals surface area contributed by atoms with Crippen molar-refractivity contribution < 1.29 is 13.9 Å². The Balaban J connectivity index is 2.75. The molecule has 2 N–H and O–H groups in total. The van der Waals surface area contributed by atoms with Gasteiger partial charge < -0.3 is 14.9 Å². The van der Waals surface area contributed by atoms with E-state index in [9.17, 15) is 4.79 Å². The first-order valence-corrected chi connectivity index (χ1v) is 4.03. The van der Waals surface area contributed by atoms with Crippen molar-refractivity contribution >= 4 is 27.8 Å². The average Bonchev–Trinajstić information content (AvgIpc) is 2.30. The minimum absolute atomic E-state index is 0.0916. The summed E-state index contributed by atoms with van der Waals surface area (Å²) in [5.74, 6) is 0.408. The Morgan fingerprint density at radius 2 is 2.50 bits per heavy atom. The Kier molecular flexibility index (Phi) is 2.75. The van der Waals surface area contributed by atoms with Crippen LogP contribution in [0, 0.1) is 0 Å². The summed E-state index contributed by atoms with van der Waals surface area (Å²) in [7, 11) is 1.32. The van der Waals surface area contributed by atoms with Gasteiger partial charge in [-0.15, -0.1) is 0 Å². The van der Waals surface area contributed by atoms with Gasteiger partial charge in [0.1, 0.15) is 12.2 Å². The highest BCUT2D eigenvalue weighted by atomic mass is 79.9. The molecule has 0 aromatic carbocycles. The first kappa shape index (κ1) is 9.12. The average molecular weight is 234 g/mol. The van der Waals surface area contributed by atoms with Crippen molar-refractivity contribution in [3.05, 3.63) is 16.3 Å². The van der Waals surface area contributed by atoms with Crippen molar-refractivity contribution in [3.8, 4) is 0 Å². The van der Waals surface area contributed by atoms with E-state index in [2.05, 4.69) is 20.7 Å². The number of furan rings is 1. The lowest BCUT2D eigenvalue weighted by Gasteiger charge is -1.95. The van der Waals surface area contributed by atoms with E-state index >= 15 is 0 Å². The molecule has 0 saturated heterocycles. The molecule has 1 aromatic rings. The predicted octanol–water partition coefficient (Wildman–Crippen LogP) is 1.34. The summed E-state index contributed by atoms with van der Waals surface area (Å²) in [6.07, 6.45) is 0.0916. The zero-order chi connectivity index (χ0) is 9.14. The smallest absolute Gasteiger partial charge is 0.313 e. The van der Waals surface area contributed by atoms with E-state index in [1.807, 2.05) is 0 Å². The highest BCUT2D eigenvalue weighted by Crippen LogP contribution is 2.23. The molecule has 0 saturated carbocycles. The molecular weight excluding hydrogens is 226 g/mol. The number of anilines is 1. The Morgan fingerprint density at radius 3 is 2.92 bits per heavy atom. The van der Waals surface area contributed by atoms with Crippen molar-refractivity contribution in [1.29, 1.82) is 0 Å². The largest absolute Gasteiger partial charge is 0.469 e. The first-order chi connectivity index (χ1) is 5.63. The van der Waals surface area contributed by atoms with Crippen molar-refractivity contribution in [2.24, 2.45) is 0 Å². The van der Waals surface area contributed by atoms with Gasteiger partial charge in [0, 0.05) is 6.07 Å². The van der Waals surface area contributed by atoms with Crippen LogP contribution in [0.25, 0.3) is 0 Å². The molecule has 0 radical (unpaired) electrons. The van der Waals surface area contributed by atoms with Crippen LogP contribution >= 0.6 is 15.9 Å². The van der Waals surface area contributed by atoms with Gasteiger partial charge in [0.2, 0.25) is 0 Å². The molecule has 0 atom stereocenters. The maximum absolute atomic E-state index is 10.8. The van der Waals surface area contributed by atoms with Gasteiger partial charge in [0.05, 0.1) is 11.6 Å². The minimum Gasteiger partial charge on any atom is -0.469 e. The zero-order valence-electron chi connectivity index (χ0n) is 6.46. The Hall–Kier alpha value is -0.970. The number of halogens is 1. The third-order valence-electron chi connectivity index (χ3n) is 1.31. The molecule has 1 aromatic heterocycles. The number of esters is 1. The number of hydrogen-bond donors (Lipinski definition) is 1. The molecule has 0 aliphatic rings. The fourth-order valence-electron chi connectivity index (χ4n) is 0.750. The molecule has 0 unspecified atom stereocenters. The maximum Gasteiger partial charge on any atom is 0.313 e. The van der Waals surface area contributed by atoms with Crippen LogP contribution < -0.4 is 5.73 Å². The lowest BCUT2D eigenvalue weighted by Crippen LogP contribution is -2.03. The Morgan fingerprint density at radius 1 is 1.83 bits per heavy atom. The third kappa shape index (κ3) is 2.01. The van der Waals surface area contributed by atoms with Gasteiger partial charge in [-0.2, -0.15) is 0 Å². The SMILES string of the molecule is COC(=O)Cc1oc(N)cc1Br. The minimum atomic E-state index is -0.356. The molecule has 1 rings (SSSR count). The lowest BCUT2D eigenvalue weighted by molar-refractivity contribution is -0.140. The first-order valence-electron chi connectivity index (χ1n) is 3.24. The Labute approximate surface area is 77.8 Å². The fraction of sp³-hybridized carbons (Fsp3) is 0.286. The Bertz CT molecular complexity index is 295. The highest BCUT2D eigenvalue weighted by Gasteiger charge is 2.11. The van der Waals surface area contributed by atoms with Crippen molar-refractivity contribution in [2.75, 3.05) is 12.8 Å². The van der Waals surface area contributed by atoms with Crippen LogP contribution in [0.3, 0.4) is 0 Å². The van der Waals surface area contributed by atoms with E-state index in [0.717, 1.165) is 0 Å². The van der Waals surface area contributed by atoms with Crippen molar-refractivity contribution in [3.63, 3.8) is 0 Å². The van der Waals surface area contributed by atoms with Gasteiger partial charge in [-0.25, -0.2) is 0 Å². The molecule has 0 bridgehead atoms. The van der Waals surface area contributed by atoms with Gasteiger partial charge in [-0.3, -0.25) is 4.79 Å². The van der Waals surface area contributed by atoms with Crippen molar-refractivity contribution in [2.45, 2.75) is 6.42 Å². The molecule has 0 fully saturated rings. The summed E-state index contributed by atoms with van der Waals surface area (Å²) >= 11 is 3.19. The molecule has 12 heavy (non-hydrogen) atoms. The monoisotopic (exact) mass is 233 g/mol. The number of nitrogen functional groups attached to an aromatic ring is 1. The van der Waals surface area contributed by atoms with E-state index in [0.29, 0.717) is 10.2 Å². The van der Waals surface area contributed by atoms with Crippen LogP contribution in [0.1, 0.15) is 5.76 Å². The summed E-state index contributed by atoms with van der Waals surface area (Å²) in [5.41, 5.74) is 5.35. The molecule has 0 aliphatic carbocycles. The molecule has 0 spiro atoms. The number of rotatable bonds is 2.